The number of terminal acetylenes is 2. The Labute approximate surface area is 746 Å². The molecule has 37 nitrogen and oxygen atoms in total. The summed E-state index contributed by atoms with van der Waals surface area (Å²) in [6, 6.07) is 7.92. The molecule has 2 aromatic carbocycles. The molecule has 0 aromatic heterocycles. The van der Waals surface area contributed by atoms with E-state index in [1.54, 1.807) is 18.2 Å². The van der Waals surface area contributed by atoms with E-state index in [1.807, 2.05) is 4.90 Å². The van der Waals surface area contributed by atoms with Gasteiger partial charge in [-0.3, -0.25) is 34.6 Å². The largest absolute Gasteiger partial charge is 1.00 e. The van der Waals surface area contributed by atoms with E-state index in [2.05, 4.69) is 98.4 Å². The van der Waals surface area contributed by atoms with Crippen LogP contribution < -0.4 is 79.5 Å². The van der Waals surface area contributed by atoms with Crippen molar-refractivity contribution >= 4 is 63.9 Å². The summed E-state index contributed by atoms with van der Waals surface area (Å²) in [6.07, 6.45) is 8.90. The molecule has 2 unspecified atom stereocenters. The first kappa shape index (κ1) is 109. The van der Waals surface area contributed by atoms with Crippen molar-refractivity contribution in [3.05, 3.63) is 56.6 Å². The van der Waals surface area contributed by atoms with E-state index in [0.29, 0.717) is 191 Å². The van der Waals surface area contributed by atoms with E-state index in [0.717, 1.165) is 18.2 Å². The van der Waals surface area contributed by atoms with E-state index in [4.69, 9.17) is 108 Å². The van der Waals surface area contributed by atoms with E-state index < -0.39 is 75.7 Å². The number of carbonyl (C=O) groups excluding carboxylic acids is 5. The molecule has 2 rings (SSSR count). The van der Waals surface area contributed by atoms with Crippen molar-refractivity contribution in [2.24, 2.45) is 22.1 Å². The number of benzene rings is 2. The Balaban J connectivity index is -0.000000647. The van der Waals surface area contributed by atoms with Crippen LogP contribution >= 0.6 is 0 Å². The Hall–Kier alpha value is -8.25. The van der Waals surface area contributed by atoms with Gasteiger partial charge in [-0.05, 0) is 95.3 Å². The predicted molar refractivity (Wildman–Crippen MR) is 434 cm³/mol. The number of nitrogens with one attached hydrogen (secondary N) is 1. The standard InChI is InChI=1S/C78H100N6O31.2Na.14H2/c1-4-6-8-10-12-14-16-67(77(88)89)62-75(86)114-60-58-112-56-54-110-52-50-108-48-46-106-44-42-104-40-38-102-36-34-100-32-30-98-28-26-96-24-22-82(69-18-20-71(73(64-69)79-66(3)85)80-81-72-21-19-70(83(92)93)65-74(72)84(94)95)23-25-97-27-29-99-31-33-101-35-37-103-39-41-105-43-45-107-47-49-109-51-53-111-55-57-113-59-61-115-76(87)63-68(78(90)91)17-15-13-11-9-7-5-2;;;;;;;;;;;;;;;;/h1-2,18-21,64-65,67-68H,22-63H2,3H3,(H,79,85)(H,88,89)(H,90,91);;;14*1H/q;2*+1;;;;;;;;;;;;;;/p-2. The average Bonchev–Trinajstić information content (AvgIpc) is 0.825. The van der Waals surface area contributed by atoms with Crippen LogP contribution in [-0.4, -0.2) is 304 Å². The monoisotopic (exact) mass is 1690 g/mol. The normalized spacial score (nSPS) is 10.8. The third-order valence-electron chi connectivity index (χ3n) is 13.7. The van der Waals surface area contributed by atoms with E-state index in [9.17, 15) is 54.4 Å². The quantitative estimate of drug-likeness (QED) is 0.0147. The van der Waals surface area contributed by atoms with Gasteiger partial charge in [-0.15, -0.1) is 23.1 Å². The summed E-state index contributed by atoms with van der Waals surface area (Å²) in [6.45, 7) is 13.5. The van der Waals surface area contributed by atoms with Crippen LogP contribution in [0.5, 0.6) is 0 Å². The second-order valence-electron chi connectivity index (χ2n) is 22.2. The van der Waals surface area contributed by atoms with Crippen LogP contribution in [0.2, 0.25) is 0 Å². The molecule has 0 aliphatic rings. The third kappa shape index (κ3) is 64.4. The zero-order valence-electron chi connectivity index (χ0n) is 66.4. The number of hydrogen-bond acceptors (Lipinski definition) is 34. The maximum atomic E-state index is 12.4. The number of nitro groups is 2. The first-order valence-corrected chi connectivity index (χ1v) is 36.2. The fraction of sp³-hybridized carbons (Fsp3) is 0.577. The molecule has 1 amide bonds. The van der Waals surface area contributed by atoms with Gasteiger partial charge in [0.25, 0.3) is 5.69 Å². The van der Waals surface area contributed by atoms with Gasteiger partial charge in [-0.25, -0.2) is 0 Å². The molecule has 1 N–H and O–H groups in total. The van der Waals surface area contributed by atoms with Crippen LogP contribution in [0, 0.1) is 128 Å². The molecule has 0 radical (unpaired) electrons. The van der Waals surface area contributed by atoms with Gasteiger partial charge >= 0.3 is 76.7 Å². The summed E-state index contributed by atoms with van der Waals surface area (Å²) < 4.78 is 110. The molecule has 117 heavy (non-hydrogen) atoms. The SMILES string of the molecule is C#CC#CC#CC#CC(CC(=O)OCCOCCOCCOCCOCCOCCOCCOCCOCCOCCN(CCOCCOCCOCCOCCOCCOCCOCCOCCOCCOC(=O)CC(C#CC#CC#CC#C)C(=O)[O-])c1ccc(N=Nc2ccc([N+](=O)[O-])cc2[N+](=O)[O-])c(NC(C)=O)c1)C(=O)[O-].[HH].[HH].[HH].[HH].[HH].[HH].[HH].[HH].[HH].[HH].[HH].[HH].[HH].[HH].[Na+].[Na+]. The molecule has 0 fully saturated rings. The Morgan fingerprint density at radius 2 is 0.667 bits per heavy atom. The number of anilines is 2. The Kier molecular flexibility index (Phi) is 73.3. The Morgan fingerprint density at radius 3 is 0.949 bits per heavy atom. The molecule has 2 atom stereocenters. The van der Waals surface area contributed by atoms with Gasteiger partial charge in [-0.1, -0.05) is 11.8 Å². The number of carbonyl (C=O) groups is 5. The smallest absolute Gasteiger partial charge is 0.549 e. The van der Waals surface area contributed by atoms with Gasteiger partial charge in [0.05, 0.1) is 296 Å². The van der Waals surface area contributed by atoms with E-state index in [1.165, 1.54) is 6.92 Å². The molecule has 0 saturated heterocycles. The predicted octanol–water partition coefficient (Wildman–Crippen LogP) is -1.68. The zero-order valence-corrected chi connectivity index (χ0v) is 70.4. The second-order valence-corrected chi connectivity index (χ2v) is 22.2. The van der Waals surface area contributed by atoms with Crippen molar-refractivity contribution in [2.45, 2.75) is 19.8 Å². The molecule has 0 aliphatic heterocycles. The van der Waals surface area contributed by atoms with Gasteiger partial charge in [0.15, 0.2) is 5.69 Å². The molecule has 0 bridgehead atoms. The van der Waals surface area contributed by atoms with Gasteiger partial charge < -0.3 is 125 Å². The summed E-state index contributed by atoms with van der Waals surface area (Å²) >= 11 is 0. The molecule has 39 heteroatoms. The van der Waals surface area contributed by atoms with Gasteiger partial charge in [-0.2, -0.15) is 0 Å². The number of esters is 2. The van der Waals surface area contributed by atoms with Crippen LogP contribution in [0.4, 0.5) is 34.1 Å². The van der Waals surface area contributed by atoms with Crippen molar-refractivity contribution in [3.8, 4) is 95.7 Å². The number of carboxylic acids is 2. The first-order chi connectivity index (χ1) is 56.2. The van der Waals surface area contributed by atoms with Crippen LogP contribution in [0.25, 0.3) is 0 Å². The van der Waals surface area contributed by atoms with Crippen LogP contribution in [0.15, 0.2) is 46.6 Å². The van der Waals surface area contributed by atoms with E-state index in [-0.39, 0.29) is 175 Å². The minimum atomic E-state index is -1.53. The molecule has 656 valence electrons. The molecule has 2 aromatic rings. The number of ether oxygens (including phenoxy) is 20. The summed E-state index contributed by atoms with van der Waals surface area (Å²) in [5, 5.41) is 56.4. The van der Waals surface area contributed by atoms with Crippen LogP contribution in [0.1, 0.15) is 39.7 Å². The molecular weight excluding hydrogens is 1560 g/mol. The minimum Gasteiger partial charge on any atom is -0.549 e. The molecule has 0 saturated carbocycles. The van der Waals surface area contributed by atoms with Crippen LogP contribution in [0.3, 0.4) is 0 Å². The summed E-state index contributed by atoms with van der Waals surface area (Å²) in [5.74, 6) is 23.9. The number of hydrogen-bond donors (Lipinski definition) is 1. The number of aliphatic carboxylic acids is 2. The molecular formula is C78H126N6Na2O31. The summed E-state index contributed by atoms with van der Waals surface area (Å²) in [7, 11) is 0. The van der Waals surface area contributed by atoms with Crippen molar-refractivity contribution in [1.82, 2.24) is 0 Å². The third-order valence-corrected chi connectivity index (χ3v) is 13.7. The molecule has 0 heterocycles. The average molecular weight is 1690 g/mol. The van der Waals surface area contributed by atoms with Crippen LogP contribution in [-0.2, 0) is 119 Å². The second kappa shape index (κ2) is 78.9. The van der Waals surface area contributed by atoms with Crippen molar-refractivity contribution in [1.29, 1.82) is 0 Å². The maximum absolute atomic E-state index is 12.4. The molecule has 0 spiro atoms. The molecule has 0 aliphatic carbocycles. The topological polar surface area (TPSA) is 442 Å². The number of nitro benzene ring substituents is 2. The Bertz CT molecular complexity index is 3570. The van der Waals surface area contributed by atoms with Gasteiger partial charge in [0.1, 0.15) is 18.9 Å². The fourth-order valence-electron chi connectivity index (χ4n) is 8.28. The van der Waals surface area contributed by atoms with Crippen molar-refractivity contribution < 1.29 is 218 Å². The van der Waals surface area contributed by atoms with Crippen molar-refractivity contribution in [3.63, 3.8) is 0 Å². The Morgan fingerprint density at radius 1 is 0.393 bits per heavy atom. The maximum Gasteiger partial charge on any atom is 1.00 e. The van der Waals surface area contributed by atoms with Crippen molar-refractivity contribution in [2.75, 3.05) is 274 Å². The summed E-state index contributed by atoms with van der Waals surface area (Å²) in [4.78, 5) is 82.2. The number of carboxylic acid groups (broad SMARTS) is 2. The fourth-order valence-corrected chi connectivity index (χ4v) is 8.28. The minimum absolute atomic E-state index is 0. The number of non-ortho nitro benzene ring substituents is 1. The number of amides is 1. The van der Waals surface area contributed by atoms with Gasteiger partial charge in [0.2, 0.25) is 5.91 Å². The number of azo groups is 1. The zero-order chi connectivity index (χ0) is 83.3. The number of rotatable bonds is 72. The van der Waals surface area contributed by atoms with Gasteiger partial charge in [0, 0.05) is 51.7 Å². The van der Waals surface area contributed by atoms with E-state index >= 15 is 0 Å². The number of nitrogens with zero attached hydrogens (tertiary/aromatic N) is 5. The summed E-state index contributed by atoms with van der Waals surface area (Å²) in [5.41, 5.74) is -0.317. The first-order valence-electron chi connectivity index (χ1n) is 36.2.